The van der Waals surface area contributed by atoms with Crippen molar-refractivity contribution in [1.29, 1.82) is 0 Å². The molecule has 0 aromatic heterocycles. The SMILES string of the molecule is CCOCCN1CCCCC1CCl. The van der Waals surface area contributed by atoms with Crippen LogP contribution in [0.5, 0.6) is 0 Å². The molecule has 0 amide bonds. The summed E-state index contributed by atoms with van der Waals surface area (Å²) >= 11 is 5.91. The van der Waals surface area contributed by atoms with Crippen molar-refractivity contribution >= 4 is 11.6 Å². The van der Waals surface area contributed by atoms with Gasteiger partial charge in [-0.3, -0.25) is 4.90 Å². The van der Waals surface area contributed by atoms with Crippen molar-refractivity contribution < 1.29 is 4.74 Å². The van der Waals surface area contributed by atoms with Crippen LogP contribution < -0.4 is 0 Å². The third-order valence-corrected chi connectivity index (χ3v) is 3.01. The van der Waals surface area contributed by atoms with Gasteiger partial charge in [-0.1, -0.05) is 6.42 Å². The van der Waals surface area contributed by atoms with Crippen molar-refractivity contribution in [2.45, 2.75) is 32.2 Å². The highest BCUT2D eigenvalue weighted by Gasteiger charge is 2.20. The fourth-order valence-electron chi connectivity index (χ4n) is 1.86. The van der Waals surface area contributed by atoms with E-state index in [2.05, 4.69) is 4.90 Å². The highest BCUT2D eigenvalue weighted by atomic mass is 35.5. The maximum Gasteiger partial charge on any atom is 0.0593 e. The first-order chi connectivity index (χ1) is 6.38. The number of ether oxygens (including phenoxy) is 1. The molecule has 0 radical (unpaired) electrons. The minimum Gasteiger partial charge on any atom is -0.380 e. The lowest BCUT2D eigenvalue weighted by Crippen LogP contribution is -2.42. The molecule has 0 saturated carbocycles. The molecule has 1 aliphatic heterocycles. The molecule has 0 spiro atoms. The maximum absolute atomic E-state index is 5.91. The number of piperidine rings is 1. The van der Waals surface area contributed by atoms with E-state index in [0.717, 1.165) is 25.6 Å². The Morgan fingerprint density at radius 1 is 1.46 bits per heavy atom. The Kier molecular flexibility index (Phi) is 5.76. The van der Waals surface area contributed by atoms with Crippen molar-refractivity contribution in [2.24, 2.45) is 0 Å². The summed E-state index contributed by atoms with van der Waals surface area (Å²) in [4.78, 5) is 2.46. The highest BCUT2D eigenvalue weighted by molar-refractivity contribution is 6.18. The van der Waals surface area contributed by atoms with E-state index in [9.17, 15) is 0 Å². The topological polar surface area (TPSA) is 12.5 Å². The molecule has 1 heterocycles. The lowest BCUT2D eigenvalue weighted by Gasteiger charge is -2.34. The molecule has 1 atom stereocenters. The first-order valence-electron chi connectivity index (χ1n) is 5.26. The molecule has 0 aromatic carbocycles. The Morgan fingerprint density at radius 3 is 3.00 bits per heavy atom. The second kappa shape index (κ2) is 6.63. The lowest BCUT2D eigenvalue weighted by atomic mass is 10.0. The van der Waals surface area contributed by atoms with Crippen LogP contribution in [0.15, 0.2) is 0 Å². The van der Waals surface area contributed by atoms with Crippen molar-refractivity contribution in [1.82, 2.24) is 4.90 Å². The Morgan fingerprint density at radius 2 is 2.31 bits per heavy atom. The standard InChI is InChI=1S/C10H20ClNO/c1-2-13-8-7-12-6-4-3-5-10(12)9-11/h10H,2-9H2,1H3. The zero-order valence-corrected chi connectivity index (χ0v) is 9.22. The van der Waals surface area contributed by atoms with Crippen molar-refractivity contribution in [3.8, 4) is 0 Å². The summed E-state index contributed by atoms with van der Waals surface area (Å²) < 4.78 is 5.34. The van der Waals surface area contributed by atoms with Gasteiger partial charge in [-0.25, -0.2) is 0 Å². The van der Waals surface area contributed by atoms with Crippen LogP contribution in [0.1, 0.15) is 26.2 Å². The summed E-state index contributed by atoms with van der Waals surface area (Å²) in [5, 5.41) is 0. The molecule has 13 heavy (non-hydrogen) atoms. The van der Waals surface area contributed by atoms with Gasteiger partial charge in [0, 0.05) is 25.1 Å². The number of likely N-dealkylation sites (tertiary alicyclic amines) is 1. The van der Waals surface area contributed by atoms with Crippen LogP contribution in [0, 0.1) is 0 Å². The van der Waals surface area contributed by atoms with Crippen LogP contribution in [-0.4, -0.2) is 43.1 Å². The minimum atomic E-state index is 0.593. The molecule has 78 valence electrons. The Hall–Kier alpha value is 0.210. The third kappa shape index (κ3) is 3.84. The van der Waals surface area contributed by atoms with E-state index >= 15 is 0 Å². The zero-order chi connectivity index (χ0) is 9.52. The first-order valence-corrected chi connectivity index (χ1v) is 5.79. The summed E-state index contributed by atoms with van der Waals surface area (Å²) in [5.41, 5.74) is 0. The van der Waals surface area contributed by atoms with E-state index in [1.165, 1.54) is 25.8 Å². The molecule has 2 nitrogen and oxygen atoms in total. The molecule has 0 aromatic rings. The van der Waals surface area contributed by atoms with Crippen molar-refractivity contribution in [2.75, 3.05) is 32.2 Å². The number of hydrogen-bond donors (Lipinski definition) is 0. The molecule has 1 rings (SSSR count). The van der Waals surface area contributed by atoms with Gasteiger partial charge in [0.1, 0.15) is 0 Å². The summed E-state index contributed by atoms with van der Waals surface area (Å²) in [7, 11) is 0. The van der Waals surface area contributed by atoms with Gasteiger partial charge >= 0.3 is 0 Å². The van der Waals surface area contributed by atoms with E-state index in [-0.39, 0.29) is 0 Å². The fourth-order valence-corrected chi connectivity index (χ4v) is 2.20. The van der Waals surface area contributed by atoms with Crippen LogP contribution in [0.3, 0.4) is 0 Å². The molecule has 0 bridgehead atoms. The average molecular weight is 206 g/mol. The summed E-state index contributed by atoms with van der Waals surface area (Å²) in [6, 6.07) is 0.593. The maximum atomic E-state index is 5.91. The van der Waals surface area contributed by atoms with E-state index in [1.807, 2.05) is 6.92 Å². The second-order valence-electron chi connectivity index (χ2n) is 3.54. The van der Waals surface area contributed by atoms with Crippen LogP contribution in [0.2, 0.25) is 0 Å². The molecule has 1 fully saturated rings. The lowest BCUT2D eigenvalue weighted by molar-refractivity contribution is 0.0837. The molecule has 1 saturated heterocycles. The third-order valence-electron chi connectivity index (χ3n) is 2.65. The average Bonchev–Trinajstić information content (AvgIpc) is 2.19. The molecular weight excluding hydrogens is 186 g/mol. The van der Waals surface area contributed by atoms with E-state index in [4.69, 9.17) is 16.3 Å². The van der Waals surface area contributed by atoms with E-state index in [0.29, 0.717) is 6.04 Å². The fraction of sp³-hybridized carbons (Fsp3) is 1.00. The summed E-state index contributed by atoms with van der Waals surface area (Å²) in [6.07, 6.45) is 3.91. The van der Waals surface area contributed by atoms with Gasteiger partial charge in [0.15, 0.2) is 0 Å². The monoisotopic (exact) mass is 205 g/mol. The predicted molar refractivity (Wildman–Crippen MR) is 56.4 cm³/mol. The van der Waals surface area contributed by atoms with Gasteiger partial charge in [0.05, 0.1) is 6.61 Å². The number of alkyl halides is 1. The Balaban J connectivity index is 2.19. The van der Waals surface area contributed by atoms with Gasteiger partial charge in [-0.2, -0.15) is 0 Å². The molecule has 0 aliphatic carbocycles. The van der Waals surface area contributed by atoms with Crippen molar-refractivity contribution in [3.63, 3.8) is 0 Å². The molecular formula is C10H20ClNO. The number of nitrogens with zero attached hydrogens (tertiary/aromatic N) is 1. The molecule has 1 aliphatic rings. The second-order valence-corrected chi connectivity index (χ2v) is 3.85. The summed E-state index contributed by atoms with van der Waals surface area (Å²) in [6.45, 7) is 5.95. The molecule has 1 unspecified atom stereocenters. The van der Waals surface area contributed by atoms with Crippen LogP contribution in [0.4, 0.5) is 0 Å². The summed E-state index contributed by atoms with van der Waals surface area (Å²) in [5.74, 6) is 0.770. The molecule has 0 N–H and O–H groups in total. The highest BCUT2D eigenvalue weighted by Crippen LogP contribution is 2.17. The Bertz CT molecular complexity index is 132. The van der Waals surface area contributed by atoms with E-state index < -0.39 is 0 Å². The smallest absolute Gasteiger partial charge is 0.0593 e. The zero-order valence-electron chi connectivity index (χ0n) is 8.47. The number of halogens is 1. The van der Waals surface area contributed by atoms with Crippen LogP contribution in [-0.2, 0) is 4.74 Å². The van der Waals surface area contributed by atoms with Gasteiger partial charge in [-0.15, -0.1) is 11.6 Å². The van der Waals surface area contributed by atoms with Crippen LogP contribution in [0.25, 0.3) is 0 Å². The Labute approximate surface area is 86.2 Å². The van der Waals surface area contributed by atoms with E-state index in [1.54, 1.807) is 0 Å². The van der Waals surface area contributed by atoms with Crippen LogP contribution >= 0.6 is 11.6 Å². The van der Waals surface area contributed by atoms with Gasteiger partial charge in [0.25, 0.3) is 0 Å². The number of rotatable bonds is 5. The number of hydrogen-bond acceptors (Lipinski definition) is 2. The van der Waals surface area contributed by atoms with Gasteiger partial charge in [0.2, 0.25) is 0 Å². The largest absolute Gasteiger partial charge is 0.380 e. The first kappa shape index (κ1) is 11.3. The quantitative estimate of drug-likeness (QED) is 0.504. The normalized spacial score (nSPS) is 24.9. The van der Waals surface area contributed by atoms with Gasteiger partial charge < -0.3 is 4.74 Å². The van der Waals surface area contributed by atoms with Gasteiger partial charge in [-0.05, 0) is 26.3 Å². The molecule has 3 heteroatoms. The van der Waals surface area contributed by atoms with Crippen molar-refractivity contribution in [3.05, 3.63) is 0 Å². The minimum absolute atomic E-state index is 0.593. The predicted octanol–water partition coefficient (Wildman–Crippen LogP) is 2.12.